The topological polar surface area (TPSA) is 243 Å². The van der Waals surface area contributed by atoms with Crippen LogP contribution in [-0.4, -0.2) is 116 Å². The highest BCUT2D eigenvalue weighted by atomic mass is 16.4. The fourth-order valence-corrected chi connectivity index (χ4v) is 7.69. The zero-order valence-electron chi connectivity index (χ0n) is 37.6. The number of phenolic OH excluding ortho intramolecular Hbond substituents is 2. The molecule has 5 amide bonds. The minimum absolute atomic E-state index is 0.0828. The Morgan fingerprint density at radius 3 is 1.87 bits per heavy atom. The third-order valence-electron chi connectivity index (χ3n) is 11.8. The van der Waals surface area contributed by atoms with Gasteiger partial charge in [0.25, 0.3) is 0 Å². The van der Waals surface area contributed by atoms with Crippen molar-refractivity contribution in [2.24, 2.45) is 0 Å². The number of likely N-dealkylation sites (N-methyl/N-ethyl adjacent to an activating group) is 2. The number of unbranched alkanes of at least 4 members (excludes halogenated alkanes) is 12. The van der Waals surface area contributed by atoms with Crippen LogP contribution in [0.4, 0.5) is 0 Å². The number of rotatable bonds is 24. The summed E-state index contributed by atoms with van der Waals surface area (Å²) >= 11 is 0. The van der Waals surface area contributed by atoms with Crippen LogP contribution < -0.4 is 16.0 Å². The normalized spacial score (nSPS) is 17.3. The molecule has 0 saturated carbocycles. The van der Waals surface area contributed by atoms with E-state index in [1.54, 1.807) is 0 Å². The van der Waals surface area contributed by atoms with E-state index in [0.717, 1.165) is 24.2 Å². The van der Waals surface area contributed by atoms with Crippen LogP contribution in [0.5, 0.6) is 11.5 Å². The molecule has 0 fully saturated rings. The molecule has 5 atom stereocenters. The Balaban J connectivity index is 1.60. The lowest BCUT2D eigenvalue weighted by Gasteiger charge is -2.30. The predicted octanol–water partition coefficient (Wildman–Crippen LogP) is 5.05. The third kappa shape index (κ3) is 16.0. The van der Waals surface area contributed by atoms with Gasteiger partial charge in [0, 0.05) is 50.9 Å². The highest BCUT2D eigenvalue weighted by Crippen LogP contribution is 2.39. The smallest absolute Gasteiger partial charge is 0.326 e. The first-order valence-electron chi connectivity index (χ1n) is 22.4. The molecule has 0 spiro atoms. The second kappa shape index (κ2) is 26.2. The molecule has 1 aliphatic heterocycles. The first kappa shape index (κ1) is 51.8. The van der Waals surface area contributed by atoms with E-state index in [4.69, 9.17) is 0 Å². The van der Waals surface area contributed by atoms with Gasteiger partial charge in [-0.3, -0.25) is 28.8 Å². The van der Waals surface area contributed by atoms with Crippen LogP contribution >= 0.6 is 0 Å². The molecule has 4 bridgehead atoms. The van der Waals surface area contributed by atoms with Crippen molar-refractivity contribution in [2.45, 2.75) is 160 Å². The summed E-state index contributed by atoms with van der Waals surface area (Å²) in [4.78, 5) is 94.3. The molecule has 348 valence electrons. The first-order chi connectivity index (χ1) is 30.0. The number of amides is 5. The highest BCUT2D eigenvalue weighted by Gasteiger charge is 2.34. The lowest BCUT2D eigenvalue weighted by molar-refractivity contribution is -0.143. The van der Waals surface area contributed by atoms with E-state index in [2.05, 4.69) is 22.9 Å². The van der Waals surface area contributed by atoms with Gasteiger partial charge in [0.1, 0.15) is 35.7 Å². The van der Waals surface area contributed by atoms with Crippen molar-refractivity contribution in [2.75, 3.05) is 20.7 Å². The molecule has 16 nitrogen and oxygen atoms in total. The van der Waals surface area contributed by atoms with Gasteiger partial charge < -0.3 is 46.2 Å². The number of aliphatic carboxylic acids is 1. The number of carbonyl (C=O) groups is 7. The molecule has 1 aliphatic rings. The van der Waals surface area contributed by atoms with E-state index < -0.39 is 78.6 Å². The largest absolute Gasteiger partial charge is 0.507 e. The monoisotopic (exact) mass is 879 g/mol. The third-order valence-corrected chi connectivity index (χ3v) is 11.8. The molecule has 2 aromatic carbocycles. The number of nitrogens with one attached hydrogen (secondary N) is 3. The fraction of sp³-hybridized carbons (Fsp3) is 0.596. The van der Waals surface area contributed by atoms with Gasteiger partial charge in [-0.05, 0) is 55.7 Å². The number of carbonyl (C=O) groups excluding carboxylic acids is 6. The molecular weight excluding hydrogens is 811 g/mol. The summed E-state index contributed by atoms with van der Waals surface area (Å²) in [6.45, 7) is 4.33. The fourth-order valence-electron chi connectivity index (χ4n) is 7.69. The standard InChI is InChI=1S/C47H69N5O11/c1-6-7-8-9-10-11-12-13-14-15-16-17-18-19-41(57)51(4)37(29-53)45(60)48-30(2)38(54)24-25-42(58)52(5)43-33-21-23-40(56)35(28-33)34-26-32(20-22-39(34)55)27-36(47(62)63)50-44(59)31(3)49-46(43)61/h20-23,26,28,30-31,36-37,43,53,55-56H,6-19,24-25,27,29H2,1-5H3,(H,48,60)(H,49,61)(H,50,59)(H,62,63)/t30-,31+,36+,37-,43+/m1/s1. The van der Waals surface area contributed by atoms with Crippen molar-refractivity contribution >= 4 is 41.3 Å². The lowest BCUT2D eigenvalue weighted by atomic mass is 9.93. The number of aliphatic hydroxyl groups excluding tert-OH is 1. The first-order valence-corrected chi connectivity index (χ1v) is 22.4. The molecular formula is C47H69N5O11. The molecule has 0 radical (unpaired) electrons. The van der Waals surface area contributed by atoms with Gasteiger partial charge >= 0.3 is 5.97 Å². The number of carboxylic acid groups (broad SMARTS) is 1. The number of hydrogen-bond acceptors (Lipinski definition) is 10. The Hall–Kier alpha value is -5.51. The maximum absolute atomic E-state index is 13.9. The van der Waals surface area contributed by atoms with Crippen LogP contribution in [0.25, 0.3) is 11.1 Å². The van der Waals surface area contributed by atoms with Gasteiger partial charge in [-0.1, -0.05) is 96.1 Å². The molecule has 63 heavy (non-hydrogen) atoms. The van der Waals surface area contributed by atoms with Crippen LogP contribution in [0, 0.1) is 0 Å². The van der Waals surface area contributed by atoms with Gasteiger partial charge in [-0.15, -0.1) is 0 Å². The number of aromatic hydroxyl groups is 2. The number of carboxylic acids is 1. The zero-order chi connectivity index (χ0) is 46.6. The second-order valence-electron chi connectivity index (χ2n) is 16.8. The number of phenols is 2. The molecule has 0 aliphatic carbocycles. The number of nitrogens with zero attached hydrogens (tertiary/aromatic N) is 2. The number of benzene rings is 2. The molecule has 2 aromatic rings. The van der Waals surface area contributed by atoms with Crippen LogP contribution in [0.15, 0.2) is 36.4 Å². The summed E-state index contributed by atoms with van der Waals surface area (Å²) in [6.07, 6.45) is 14.5. The quantitative estimate of drug-likeness (QED) is 0.0689. The summed E-state index contributed by atoms with van der Waals surface area (Å²) in [5.74, 6) is -5.75. The Morgan fingerprint density at radius 2 is 1.30 bits per heavy atom. The van der Waals surface area contributed by atoms with Crippen LogP contribution in [0.3, 0.4) is 0 Å². The summed E-state index contributed by atoms with van der Waals surface area (Å²) in [6, 6.07) is 1.92. The van der Waals surface area contributed by atoms with E-state index >= 15 is 0 Å². The van der Waals surface area contributed by atoms with Crippen molar-refractivity contribution in [3.8, 4) is 22.6 Å². The number of aliphatic hydroxyl groups is 1. The Morgan fingerprint density at radius 1 is 0.746 bits per heavy atom. The van der Waals surface area contributed by atoms with Gasteiger partial charge in [0.15, 0.2) is 5.78 Å². The van der Waals surface area contributed by atoms with Crippen LogP contribution in [0.2, 0.25) is 0 Å². The maximum atomic E-state index is 13.9. The van der Waals surface area contributed by atoms with Gasteiger partial charge in [0.05, 0.1) is 12.6 Å². The number of fused-ring (bicyclic) bond motifs is 5. The Labute approximate surface area is 371 Å². The second-order valence-corrected chi connectivity index (χ2v) is 16.8. The highest BCUT2D eigenvalue weighted by molar-refractivity contribution is 5.96. The molecule has 0 unspecified atom stereocenters. The number of Topliss-reactive ketones (excluding diaryl/α,β-unsaturated/α-hetero) is 1. The summed E-state index contributed by atoms with van der Waals surface area (Å²) in [5, 5.41) is 49.0. The average Bonchev–Trinajstić information content (AvgIpc) is 3.24. The van der Waals surface area contributed by atoms with Crippen LogP contribution in [-0.2, 0) is 40.0 Å². The molecule has 7 N–H and O–H groups in total. The summed E-state index contributed by atoms with van der Waals surface area (Å²) < 4.78 is 0. The molecule has 0 saturated heterocycles. The summed E-state index contributed by atoms with van der Waals surface area (Å²) in [5.41, 5.74) is 0.792. The average molecular weight is 880 g/mol. The Bertz CT molecular complexity index is 1890. The number of hydrogen-bond donors (Lipinski definition) is 7. The van der Waals surface area contributed by atoms with Gasteiger partial charge in [-0.25, -0.2) is 4.79 Å². The van der Waals surface area contributed by atoms with E-state index in [0.29, 0.717) is 12.0 Å². The van der Waals surface area contributed by atoms with Gasteiger partial charge in [0.2, 0.25) is 29.5 Å². The maximum Gasteiger partial charge on any atom is 0.326 e. The van der Waals surface area contributed by atoms with Crippen molar-refractivity contribution in [3.63, 3.8) is 0 Å². The van der Waals surface area contributed by atoms with E-state index in [1.165, 1.54) is 127 Å². The molecule has 0 aromatic heterocycles. The summed E-state index contributed by atoms with van der Waals surface area (Å²) in [7, 11) is 2.75. The van der Waals surface area contributed by atoms with E-state index in [-0.39, 0.29) is 53.4 Å². The minimum Gasteiger partial charge on any atom is -0.507 e. The Kier molecular flexibility index (Phi) is 21.6. The predicted molar refractivity (Wildman–Crippen MR) is 237 cm³/mol. The SMILES string of the molecule is CCCCCCCCCCCCCCCC(=O)N(C)[C@H](CO)C(=O)N[C@H](C)C(=O)CCC(=O)N(C)[C@@H]1C(=O)N[C@@H](C)C(=O)N[C@H](C(=O)O)Cc2ccc(O)c(c2)-c2cc1ccc2O. The van der Waals surface area contributed by atoms with E-state index in [9.17, 15) is 54.0 Å². The number of ketones is 1. The minimum atomic E-state index is -1.43. The molecule has 3 rings (SSSR count). The zero-order valence-corrected chi connectivity index (χ0v) is 37.6. The van der Waals surface area contributed by atoms with Crippen molar-refractivity contribution < 1.29 is 54.0 Å². The van der Waals surface area contributed by atoms with Crippen molar-refractivity contribution in [1.29, 1.82) is 0 Å². The molecule has 16 heteroatoms. The van der Waals surface area contributed by atoms with Crippen LogP contribution in [0.1, 0.15) is 141 Å². The van der Waals surface area contributed by atoms with Crippen molar-refractivity contribution in [3.05, 3.63) is 47.5 Å². The lowest BCUT2D eigenvalue weighted by Crippen LogP contribution is -2.53. The van der Waals surface area contributed by atoms with E-state index in [1.807, 2.05) is 0 Å². The molecule has 1 heterocycles. The van der Waals surface area contributed by atoms with Gasteiger partial charge in [-0.2, -0.15) is 0 Å². The van der Waals surface area contributed by atoms with Crippen molar-refractivity contribution in [1.82, 2.24) is 25.8 Å².